The summed E-state index contributed by atoms with van der Waals surface area (Å²) in [6.07, 6.45) is 0. The summed E-state index contributed by atoms with van der Waals surface area (Å²) in [6.45, 7) is 0. The molecule has 0 aliphatic heterocycles. The van der Waals surface area contributed by atoms with Crippen LogP contribution < -0.4 is 5.73 Å². The van der Waals surface area contributed by atoms with Crippen molar-refractivity contribution < 1.29 is 17.7 Å². The predicted molar refractivity (Wildman–Crippen MR) is 34.9 cm³/mol. The van der Waals surface area contributed by atoms with Crippen molar-refractivity contribution in [3.8, 4) is 0 Å². The van der Waals surface area contributed by atoms with Gasteiger partial charge in [-0.25, -0.2) is 8.78 Å². The van der Waals surface area contributed by atoms with Crippen LogP contribution in [0.3, 0.4) is 0 Å². The molecule has 1 amide bonds. The van der Waals surface area contributed by atoms with Crippen LogP contribution in [0.15, 0.2) is 18.1 Å². The summed E-state index contributed by atoms with van der Waals surface area (Å²) in [6, 6.07) is -2.93. The fourth-order valence-electron chi connectivity index (χ4n) is 0.579. The molecule has 2 N–H and O–H groups in total. The summed E-state index contributed by atoms with van der Waals surface area (Å²) < 4.78 is 46.9. The lowest BCUT2D eigenvalue weighted by molar-refractivity contribution is 0.0992. The van der Waals surface area contributed by atoms with E-state index < -0.39 is 41.2 Å². The molecule has 1 aromatic rings. The van der Waals surface area contributed by atoms with E-state index in [1.807, 2.05) is 0 Å². The summed E-state index contributed by atoms with van der Waals surface area (Å²) in [4.78, 5) is 10.6. The third kappa shape index (κ3) is 1.34. The Morgan fingerprint density at radius 3 is 2.27 bits per heavy atom. The van der Waals surface area contributed by atoms with Crippen LogP contribution in [0.1, 0.15) is 14.5 Å². The average molecular weight is 160 g/mol. The number of carbonyl (C=O) groups excluding carboxylic acids is 1. The second-order valence-electron chi connectivity index (χ2n) is 1.74. The fourth-order valence-corrected chi connectivity index (χ4v) is 0.579. The highest BCUT2D eigenvalue weighted by atomic mass is 19.1. The lowest BCUT2D eigenvalue weighted by Gasteiger charge is -1.97. The first-order chi connectivity index (χ1) is 6.37. The highest BCUT2D eigenvalue weighted by Gasteiger charge is 2.12. The number of hydrogen-bond acceptors (Lipinski definition) is 1. The van der Waals surface area contributed by atoms with Crippen molar-refractivity contribution in [2.24, 2.45) is 5.73 Å². The van der Waals surface area contributed by atoms with E-state index in [2.05, 4.69) is 5.73 Å². The van der Waals surface area contributed by atoms with Crippen molar-refractivity contribution in [1.29, 1.82) is 0 Å². The molecule has 0 spiro atoms. The van der Waals surface area contributed by atoms with Gasteiger partial charge >= 0.3 is 0 Å². The zero-order chi connectivity index (χ0) is 11.0. The van der Waals surface area contributed by atoms with Crippen LogP contribution in [0.25, 0.3) is 0 Å². The van der Waals surface area contributed by atoms with Gasteiger partial charge in [-0.1, -0.05) is 6.04 Å². The summed E-state index contributed by atoms with van der Waals surface area (Å²) in [5.41, 5.74) is 3.51. The molecule has 0 atom stereocenters. The maximum atomic E-state index is 13.0. The Balaban J connectivity index is 3.68. The fraction of sp³-hybridized carbons (Fsp3) is 0. The molecular formula is C7H5F2NO. The first kappa shape index (κ1) is 4.43. The molecule has 2 nitrogen and oxygen atoms in total. The van der Waals surface area contributed by atoms with Crippen LogP contribution in [-0.4, -0.2) is 5.91 Å². The largest absolute Gasteiger partial charge is 0.365 e. The number of carbonyl (C=O) groups is 1. The van der Waals surface area contributed by atoms with Gasteiger partial charge in [-0.05, 0) is 12.1 Å². The Morgan fingerprint density at radius 2 is 1.91 bits per heavy atom. The number of halogens is 2. The highest BCUT2D eigenvalue weighted by molar-refractivity contribution is 5.93. The summed E-state index contributed by atoms with van der Waals surface area (Å²) in [7, 11) is 0. The Labute approximate surface area is 65.8 Å². The molecule has 0 aliphatic carbocycles. The van der Waals surface area contributed by atoms with Gasteiger partial charge in [-0.2, -0.15) is 0 Å². The van der Waals surface area contributed by atoms with Crippen molar-refractivity contribution in [2.75, 3.05) is 0 Å². The molecule has 11 heavy (non-hydrogen) atoms. The van der Waals surface area contributed by atoms with E-state index in [1.54, 1.807) is 0 Å². The SMILES string of the molecule is [2H]c1c([2H])c(F)c(C(N)=O)c(F)c1[2H]. The molecule has 0 aliphatic rings. The summed E-state index contributed by atoms with van der Waals surface area (Å²) in [5, 5.41) is 0. The van der Waals surface area contributed by atoms with Gasteiger partial charge in [0.15, 0.2) is 0 Å². The van der Waals surface area contributed by atoms with E-state index in [4.69, 9.17) is 4.11 Å². The molecule has 1 aromatic carbocycles. The van der Waals surface area contributed by atoms with Gasteiger partial charge in [0.1, 0.15) is 17.2 Å². The molecular weight excluding hydrogens is 152 g/mol. The molecule has 0 bridgehead atoms. The van der Waals surface area contributed by atoms with Crippen molar-refractivity contribution >= 4 is 5.91 Å². The van der Waals surface area contributed by atoms with Gasteiger partial charge in [0, 0.05) is 0 Å². The maximum Gasteiger partial charge on any atom is 0.254 e. The monoisotopic (exact) mass is 160 g/mol. The van der Waals surface area contributed by atoms with E-state index in [9.17, 15) is 13.6 Å². The van der Waals surface area contributed by atoms with E-state index in [-0.39, 0.29) is 0 Å². The first-order valence-electron chi connectivity index (χ1n) is 4.12. The van der Waals surface area contributed by atoms with Crippen molar-refractivity contribution in [3.05, 3.63) is 35.3 Å². The lowest BCUT2D eigenvalue weighted by atomic mass is 10.2. The lowest BCUT2D eigenvalue weighted by Crippen LogP contribution is -2.15. The molecule has 4 heteroatoms. The van der Waals surface area contributed by atoms with Crippen LogP contribution in [0, 0.1) is 11.6 Å². The topological polar surface area (TPSA) is 43.1 Å². The molecule has 0 radical (unpaired) electrons. The van der Waals surface area contributed by atoms with Gasteiger partial charge in [0.2, 0.25) is 0 Å². The number of benzene rings is 1. The minimum absolute atomic E-state index is 0.912. The van der Waals surface area contributed by atoms with Crippen LogP contribution in [0.4, 0.5) is 8.78 Å². The van der Waals surface area contributed by atoms with Gasteiger partial charge in [0.05, 0.1) is 4.11 Å². The van der Waals surface area contributed by atoms with Crippen molar-refractivity contribution in [2.45, 2.75) is 0 Å². The maximum absolute atomic E-state index is 13.0. The Bertz CT molecular complexity index is 393. The molecule has 0 saturated heterocycles. The molecule has 0 unspecified atom stereocenters. The van der Waals surface area contributed by atoms with E-state index in [0.29, 0.717) is 0 Å². The second kappa shape index (κ2) is 2.65. The van der Waals surface area contributed by atoms with Crippen LogP contribution >= 0.6 is 0 Å². The van der Waals surface area contributed by atoms with Crippen molar-refractivity contribution in [1.82, 2.24) is 0 Å². The van der Waals surface area contributed by atoms with Crippen LogP contribution in [0.2, 0.25) is 0 Å². The minimum atomic E-state index is -1.50. The van der Waals surface area contributed by atoms with Crippen LogP contribution in [-0.2, 0) is 0 Å². The van der Waals surface area contributed by atoms with E-state index in [1.165, 1.54) is 0 Å². The standard InChI is InChI=1S/C7H5F2NO/c8-4-2-1-3-5(9)6(4)7(10)11/h1-3H,(H2,10,11)/i1D,2D,3D. The minimum Gasteiger partial charge on any atom is -0.365 e. The number of nitrogens with two attached hydrogens (primary N) is 1. The summed E-state index contributed by atoms with van der Waals surface area (Å²) >= 11 is 0. The smallest absolute Gasteiger partial charge is 0.254 e. The normalized spacial score (nSPS) is 13.5. The average Bonchev–Trinajstić information content (AvgIpc) is 2.11. The number of amides is 1. The van der Waals surface area contributed by atoms with E-state index >= 15 is 0 Å². The van der Waals surface area contributed by atoms with E-state index in [0.717, 1.165) is 0 Å². The number of primary amides is 1. The molecule has 1 rings (SSSR count). The van der Waals surface area contributed by atoms with Crippen molar-refractivity contribution in [3.63, 3.8) is 0 Å². The first-order valence-corrected chi connectivity index (χ1v) is 2.62. The van der Waals surface area contributed by atoms with Gasteiger partial charge < -0.3 is 5.73 Å². The van der Waals surface area contributed by atoms with Gasteiger partial charge in [0.25, 0.3) is 5.91 Å². The molecule has 0 fully saturated rings. The highest BCUT2D eigenvalue weighted by Crippen LogP contribution is 2.10. The zero-order valence-corrected chi connectivity index (χ0v) is 5.24. The van der Waals surface area contributed by atoms with Crippen LogP contribution in [0.5, 0.6) is 0 Å². The number of hydrogen-bond donors (Lipinski definition) is 1. The number of rotatable bonds is 1. The molecule has 0 aromatic heterocycles. The Morgan fingerprint density at radius 1 is 1.45 bits per heavy atom. The van der Waals surface area contributed by atoms with Gasteiger partial charge in [-0.15, -0.1) is 0 Å². The quantitative estimate of drug-likeness (QED) is 0.655. The third-order valence-corrected chi connectivity index (χ3v) is 1.03. The Kier molecular flexibility index (Phi) is 1.07. The predicted octanol–water partition coefficient (Wildman–Crippen LogP) is 1.06. The Hall–Kier alpha value is -1.45. The summed E-state index contributed by atoms with van der Waals surface area (Å²) in [5.74, 6) is -4.41. The van der Waals surface area contributed by atoms with Gasteiger partial charge in [-0.3, -0.25) is 4.79 Å². The zero-order valence-electron chi connectivity index (χ0n) is 8.24. The molecule has 0 heterocycles. The third-order valence-electron chi connectivity index (χ3n) is 1.03. The molecule has 0 saturated carbocycles. The molecule has 58 valence electrons. The second-order valence-corrected chi connectivity index (χ2v) is 1.74.